The van der Waals surface area contributed by atoms with Crippen LogP contribution >= 0.6 is 0 Å². The van der Waals surface area contributed by atoms with E-state index in [-0.39, 0.29) is 5.56 Å². The summed E-state index contributed by atoms with van der Waals surface area (Å²) in [4.78, 5) is 11.9. The van der Waals surface area contributed by atoms with Gasteiger partial charge < -0.3 is 10.4 Å². The molecule has 6 heteroatoms. The van der Waals surface area contributed by atoms with Crippen molar-refractivity contribution in [3.05, 3.63) is 95.6 Å². The first-order valence-electron chi connectivity index (χ1n) is 12.1. The van der Waals surface area contributed by atoms with E-state index in [4.69, 9.17) is 0 Å². The van der Waals surface area contributed by atoms with Crippen molar-refractivity contribution in [2.24, 2.45) is 5.92 Å². The molecule has 1 aliphatic carbocycles. The van der Waals surface area contributed by atoms with Crippen LogP contribution in [0, 0.1) is 5.92 Å². The molecule has 6 rings (SSSR count). The minimum Gasteiger partial charge on any atom is -0.478 e. The summed E-state index contributed by atoms with van der Waals surface area (Å²) in [5.41, 5.74) is 3.93. The van der Waals surface area contributed by atoms with E-state index in [0.29, 0.717) is 23.4 Å². The molecule has 0 radical (unpaired) electrons. The third-order valence-electron chi connectivity index (χ3n) is 7.76. The molecule has 182 valence electrons. The topological polar surface area (TPSA) is 49.3 Å². The number of hydrogen-bond acceptors (Lipinski definition) is 2. The minimum atomic E-state index is -4.39. The fourth-order valence-electron chi connectivity index (χ4n) is 5.92. The van der Waals surface area contributed by atoms with E-state index >= 15 is 0 Å². The number of alkyl halides is 3. The van der Waals surface area contributed by atoms with E-state index < -0.39 is 17.7 Å². The Bertz CT molecular complexity index is 1460. The van der Waals surface area contributed by atoms with Crippen LogP contribution in [0.5, 0.6) is 0 Å². The molecular weight excluding hydrogens is 463 g/mol. The molecule has 4 aromatic carbocycles. The second-order valence-corrected chi connectivity index (χ2v) is 9.91. The van der Waals surface area contributed by atoms with Crippen molar-refractivity contribution < 1.29 is 23.1 Å². The van der Waals surface area contributed by atoms with Gasteiger partial charge in [0.1, 0.15) is 0 Å². The van der Waals surface area contributed by atoms with Crippen LogP contribution in [0.1, 0.15) is 40.2 Å². The lowest BCUT2D eigenvalue weighted by atomic mass is 9.86. The lowest BCUT2D eigenvalue weighted by Crippen LogP contribution is -2.28. The van der Waals surface area contributed by atoms with Crippen molar-refractivity contribution >= 4 is 16.7 Å². The van der Waals surface area contributed by atoms with Gasteiger partial charge in [-0.05, 0) is 100 Å². The number of nitrogens with one attached hydrogen (secondary N) is 1. The number of hydrogen-bond donors (Lipinski definition) is 2. The summed E-state index contributed by atoms with van der Waals surface area (Å²) < 4.78 is 38.8. The van der Waals surface area contributed by atoms with Gasteiger partial charge in [0, 0.05) is 6.04 Å². The SMILES string of the molecule is O=C(O)c1cc(-c2ccc([C@H]3CC4C[C@@H]3CN4)cc2)c2ccc(-c3ccc(C(F)(F)F)cc3)cc2c1. The smallest absolute Gasteiger partial charge is 0.416 e. The van der Waals surface area contributed by atoms with Crippen LogP contribution in [-0.2, 0) is 6.18 Å². The highest BCUT2D eigenvalue weighted by molar-refractivity contribution is 6.04. The quantitative estimate of drug-likeness (QED) is 0.316. The van der Waals surface area contributed by atoms with Gasteiger partial charge in [0.2, 0.25) is 0 Å². The summed E-state index contributed by atoms with van der Waals surface area (Å²) in [5.74, 6) is 0.225. The molecule has 1 unspecified atom stereocenters. The lowest BCUT2D eigenvalue weighted by Gasteiger charge is -2.23. The van der Waals surface area contributed by atoms with Crippen LogP contribution in [-0.4, -0.2) is 23.7 Å². The molecule has 1 saturated carbocycles. The number of benzene rings is 4. The van der Waals surface area contributed by atoms with Crippen LogP contribution in [0.25, 0.3) is 33.0 Å². The Morgan fingerprint density at radius 2 is 1.53 bits per heavy atom. The highest BCUT2D eigenvalue weighted by Crippen LogP contribution is 2.44. The molecule has 0 aromatic heterocycles. The normalized spacial score (nSPS) is 21.2. The summed E-state index contributed by atoms with van der Waals surface area (Å²) in [6.07, 6.45) is -2.00. The van der Waals surface area contributed by atoms with Crippen molar-refractivity contribution in [1.82, 2.24) is 5.32 Å². The number of rotatable bonds is 4. The van der Waals surface area contributed by atoms with Crippen molar-refractivity contribution in [2.45, 2.75) is 31.0 Å². The number of fused-ring (bicyclic) bond motifs is 3. The van der Waals surface area contributed by atoms with E-state index in [9.17, 15) is 23.1 Å². The van der Waals surface area contributed by atoms with Crippen molar-refractivity contribution in [1.29, 1.82) is 0 Å². The third-order valence-corrected chi connectivity index (χ3v) is 7.76. The summed E-state index contributed by atoms with van der Waals surface area (Å²) >= 11 is 0. The number of aromatic carboxylic acids is 1. The van der Waals surface area contributed by atoms with Crippen LogP contribution in [0.15, 0.2) is 78.9 Å². The van der Waals surface area contributed by atoms with E-state index in [0.717, 1.165) is 52.6 Å². The van der Waals surface area contributed by atoms with Crippen LogP contribution < -0.4 is 5.32 Å². The highest BCUT2D eigenvalue weighted by atomic mass is 19.4. The molecule has 3 atom stereocenters. The molecule has 0 spiro atoms. The molecular formula is C30H24F3NO2. The van der Waals surface area contributed by atoms with Gasteiger partial charge in [0.25, 0.3) is 0 Å². The average Bonchev–Trinajstić information content (AvgIpc) is 3.51. The van der Waals surface area contributed by atoms with Gasteiger partial charge in [-0.25, -0.2) is 4.79 Å². The van der Waals surface area contributed by atoms with Crippen molar-refractivity contribution in [3.8, 4) is 22.3 Å². The Morgan fingerprint density at radius 3 is 2.14 bits per heavy atom. The lowest BCUT2D eigenvalue weighted by molar-refractivity contribution is -0.137. The van der Waals surface area contributed by atoms with Gasteiger partial charge in [0.15, 0.2) is 0 Å². The maximum atomic E-state index is 12.9. The number of piperidine rings is 1. The first-order chi connectivity index (χ1) is 17.3. The molecule has 1 saturated heterocycles. The van der Waals surface area contributed by atoms with E-state index in [1.807, 2.05) is 18.2 Å². The molecule has 1 aliphatic heterocycles. The fourth-order valence-corrected chi connectivity index (χ4v) is 5.92. The number of carbonyl (C=O) groups is 1. The fraction of sp³-hybridized carbons (Fsp3) is 0.233. The average molecular weight is 488 g/mol. The Morgan fingerprint density at radius 1 is 0.833 bits per heavy atom. The summed E-state index contributed by atoms with van der Waals surface area (Å²) in [7, 11) is 0. The van der Waals surface area contributed by atoms with Crippen LogP contribution in [0.4, 0.5) is 13.2 Å². The second-order valence-electron chi connectivity index (χ2n) is 9.91. The molecule has 36 heavy (non-hydrogen) atoms. The number of halogens is 3. The Balaban J connectivity index is 1.38. The zero-order chi connectivity index (χ0) is 25.0. The van der Waals surface area contributed by atoms with Gasteiger partial charge in [-0.15, -0.1) is 0 Å². The molecule has 2 N–H and O–H groups in total. The molecule has 0 amide bonds. The van der Waals surface area contributed by atoms with Crippen LogP contribution in [0.3, 0.4) is 0 Å². The van der Waals surface area contributed by atoms with Crippen molar-refractivity contribution in [2.75, 3.05) is 6.54 Å². The predicted octanol–water partition coefficient (Wildman–Crippen LogP) is 7.36. The van der Waals surface area contributed by atoms with E-state index in [1.54, 1.807) is 12.1 Å². The largest absolute Gasteiger partial charge is 0.478 e. The van der Waals surface area contributed by atoms with E-state index in [2.05, 4.69) is 29.6 Å². The number of carboxylic acids is 1. The maximum Gasteiger partial charge on any atom is 0.416 e. The molecule has 2 fully saturated rings. The molecule has 4 aromatic rings. The zero-order valence-electron chi connectivity index (χ0n) is 19.3. The Kier molecular flexibility index (Phi) is 5.38. The predicted molar refractivity (Wildman–Crippen MR) is 134 cm³/mol. The summed E-state index contributed by atoms with van der Waals surface area (Å²) in [5, 5.41) is 14.9. The first kappa shape index (κ1) is 22.8. The van der Waals surface area contributed by atoms with Gasteiger partial charge in [0.05, 0.1) is 11.1 Å². The summed E-state index contributed by atoms with van der Waals surface area (Å²) in [6.45, 7) is 1.07. The van der Waals surface area contributed by atoms with Crippen LogP contribution in [0.2, 0.25) is 0 Å². The summed E-state index contributed by atoms with van der Waals surface area (Å²) in [6, 6.07) is 23.0. The zero-order valence-corrected chi connectivity index (χ0v) is 19.3. The molecule has 2 bridgehead atoms. The monoisotopic (exact) mass is 487 g/mol. The van der Waals surface area contributed by atoms with Gasteiger partial charge in [-0.3, -0.25) is 0 Å². The number of carboxylic acid groups (broad SMARTS) is 1. The van der Waals surface area contributed by atoms with Crippen molar-refractivity contribution in [3.63, 3.8) is 0 Å². The molecule has 2 aliphatic rings. The molecule has 1 heterocycles. The Labute approximate surface area is 206 Å². The standard InChI is InChI=1S/C30H24F3NO2/c31-30(32,33)24-8-5-17(6-9-24)20-7-10-26-21(11-20)12-22(29(35)36)14-28(26)19-3-1-18(2-4-19)27-15-25-13-23(27)16-34-25/h1-12,14,23,25,27,34H,13,15-16H2,(H,35,36)/t23-,25?,27-/m1/s1. The first-order valence-corrected chi connectivity index (χ1v) is 12.1. The Hall–Kier alpha value is -3.64. The van der Waals surface area contributed by atoms with Gasteiger partial charge in [-0.2, -0.15) is 13.2 Å². The van der Waals surface area contributed by atoms with Gasteiger partial charge in [-0.1, -0.05) is 48.5 Å². The van der Waals surface area contributed by atoms with E-state index in [1.165, 1.54) is 24.1 Å². The minimum absolute atomic E-state index is 0.172. The maximum absolute atomic E-state index is 12.9. The third kappa shape index (κ3) is 4.05. The van der Waals surface area contributed by atoms with Gasteiger partial charge >= 0.3 is 12.1 Å². The second kappa shape index (κ2) is 8.49. The highest BCUT2D eigenvalue weighted by Gasteiger charge is 2.39. The molecule has 3 nitrogen and oxygen atoms in total.